The number of ether oxygens (including phenoxy) is 2. The molecular weight excluding hydrogens is 280 g/mol. The molecule has 2 atom stereocenters. The van der Waals surface area contributed by atoms with Crippen LogP contribution in [0.25, 0.3) is 0 Å². The van der Waals surface area contributed by atoms with Crippen molar-refractivity contribution < 1.29 is 14.3 Å². The summed E-state index contributed by atoms with van der Waals surface area (Å²) in [6.07, 6.45) is 0.576. The first kappa shape index (κ1) is 16.6. The van der Waals surface area contributed by atoms with E-state index in [2.05, 4.69) is 0 Å². The fourth-order valence-corrected chi connectivity index (χ4v) is 2.73. The largest absolute Gasteiger partial charge is 0.497 e. The number of nitrogens with zero attached hydrogens (tertiary/aromatic N) is 1. The van der Waals surface area contributed by atoms with E-state index >= 15 is 0 Å². The lowest BCUT2D eigenvalue weighted by molar-refractivity contribution is 0.0180. The van der Waals surface area contributed by atoms with E-state index in [4.69, 9.17) is 15.2 Å². The highest BCUT2D eigenvalue weighted by molar-refractivity contribution is 5.68. The molecule has 1 aromatic rings. The van der Waals surface area contributed by atoms with Crippen molar-refractivity contribution >= 4 is 6.09 Å². The normalized spacial score (nSPS) is 22.3. The first-order chi connectivity index (χ1) is 10.3. The third-order valence-electron chi connectivity index (χ3n) is 3.72. The maximum atomic E-state index is 12.3. The summed E-state index contributed by atoms with van der Waals surface area (Å²) in [6.45, 7) is 6.79. The number of rotatable bonds is 2. The van der Waals surface area contributed by atoms with Crippen LogP contribution >= 0.6 is 0 Å². The van der Waals surface area contributed by atoms with Gasteiger partial charge in [0.2, 0.25) is 0 Å². The summed E-state index contributed by atoms with van der Waals surface area (Å²) in [4.78, 5) is 14.0. The molecular formula is C17H26N2O3. The average Bonchev–Trinajstić information content (AvgIpc) is 2.45. The summed E-state index contributed by atoms with van der Waals surface area (Å²) in [5.41, 5.74) is 6.82. The van der Waals surface area contributed by atoms with E-state index in [1.165, 1.54) is 5.56 Å². The number of nitrogens with two attached hydrogens (primary N) is 1. The fourth-order valence-electron chi connectivity index (χ4n) is 2.73. The zero-order valence-corrected chi connectivity index (χ0v) is 13.8. The molecule has 1 aliphatic rings. The first-order valence-electron chi connectivity index (χ1n) is 7.66. The van der Waals surface area contributed by atoms with Crippen molar-refractivity contribution in [3.05, 3.63) is 29.8 Å². The van der Waals surface area contributed by atoms with Gasteiger partial charge in [-0.25, -0.2) is 4.79 Å². The second kappa shape index (κ2) is 6.57. The second-order valence-electron chi connectivity index (χ2n) is 6.85. The van der Waals surface area contributed by atoms with Crippen molar-refractivity contribution in [2.24, 2.45) is 5.73 Å². The molecule has 0 spiro atoms. The van der Waals surface area contributed by atoms with Gasteiger partial charge in [-0.1, -0.05) is 12.1 Å². The van der Waals surface area contributed by atoms with E-state index in [9.17, 15) is 4.79 Å². The Morgan fingerprint density at radius 3 is 2.41 bits per heavy atom. The number of benzene rings is 1. The number of piperidine rings is 1. The summed E-state index contributed by atoms with van der Waals surface area (Å²) in [5, 5.41) is 0. The van der Waals surface area contributed by atoms with Crippen molar-refractivity contribution in [3.63, 3.8) is 0 Å². The van der Waals surface area contributed by atoms with Gasteiger partial charge in [0.1, 0.15) is 11.4 Å². The van der Waals surface area contributed by atoms with Gasteiger partial charge < -0.3 is 20.1 Å². The summed E-state index contributed by atoms with van der Waals surface area (Å²) in [5.74, 6) is 1.05. The van der Waals surface area contributed by atoms with Crippen LogP contribution in [0.4, 0.5) is 4.79 Å². The van der Waals surface area contributed by atoms with Gasteiger partial charge in [0, 0.05) is 25.0 Å². The molecule has 1 fully saturated rings. The minimum atomic E-state index is -0.492. The van der Waals surface area contributed by atoms with Gasteiger partial charge in [0.15, 0.2) is 0 Å². The van der Waals surface area contributed by atoms with Crippen LogP contribution < -0.4 is 10.5 Å². The zero-order chi connectivity index (χ0) is 16.3. The molecule has 0 radical (unpaired) electrons. The van der Waals surface area contributed by atoms with Crippen LogP contribution in [0.1, 0.15) is 38.7 Å². The topological polar surface area (TPSA) is 64.8 Å². The van der Waals surface area contributed by atoms with Crippen molar-refractivity contribution in [3.8, 4) is 5.75 Å². The highest BCUT2D eigenvalue weighted by Gasteiger charge is 2.31. The van der Waals surface area contributed by atoms with E-state index in [-0.39, 0.29) is 18.1 Å². The van der Waals surface area contributed by atoms with Crippen LogP contribution in [0.2, 0.25) is 0 Å². The summed E-state index contributed by atoms with van der Waals surface area (Å²) < 4.78 is 10.6. The molecule has 2 N–H and O–H groups in total. The van der Waals surface area contributed by atoms with Gasteiger partial charge in [-0.15, -0.1) is 0 Å². The number of hydrogen-bond acceptors (Lipinski definition) is 4. The number of hydrogen-bond donors (Lipinski definition) is 1. The molecule has 0 saturated carbocycles. The van der Waals surface area contributed by atoms with Gasteiger partial charge >= 0.3 is 6.09 Å². The molecule has 1 saturated heterocycles. The monoisotopic (exact) mass is 306 g/mol. The van der Waals surface area contributed by atoms with Crippen LogP contribution in [0.3, 0.4) is 0 Å². The average molecular weight is 306 g/mol. The van der Waals surface area contributed by atoms with Gasteiger partial charge in [-0.2, -0.15) is 0 Å². The lowest BCUT2D eigenvalue weighted by Gasteiger charge is -2.37. The van der Waals surface area contributed by atoms with Crippen LogP contribution in [-0.4, -0.2) is 42.8 Å². The Hall–Kier alpha value is -1.75. The number of likely N-dealkylation sites (tertiary alicyclic amines) is 1. The molecule has 5 nitrogen and oxygen atoms in total. The highest BCUT2D eigenvalue weighted by atomic mass is 16.6. The lowest BCUT2D eigenvalue weighted by atomic mass is 9.88. The molecule has 22 heavy (non-hydrogen) atoms. The number of amides is 1. The van der Waals surface area contributed by atoms with E-state index in [1.807, 2.05) is 45.0 Å². The maximum absolute atomic E-state index is 12.3. The first-order valence-corrected chi connectivity index (χ1v) is 7.66. The maximum Gasteiger partial charge on any atom is 0.410 e. The molecule has 2 rings (SSSR count). The predicted octanol–water partition coefficient (Wildman–Crippen LogP) is 2.75. The standard InChI is InChI=1S/C17H26N2O3/c1-17(2,3)22-16(20)19-10-13(9-14(18)11-19)12-5-7-15(21-4)8-6-12/h5-8,13-14H,9-11,18H2,1-4H3/t13-,14-/m1/s1. The Morgan fingerprint density at radius 1 is 1.23 bits per heavy atom. The quantitative estimate of drug-likeness (QED) is 0.912. The minimum absolute atomic E-state index is 0.0339. The molecule has 1 aromatic carbocycles. The van der Waals surface area contributed by atoms with Gasteiger partial charge in [-0.3, -0.25) is 0 Å². The third-order valence-corrected chi connectivity index (χ3v) is 3.72. The molecule has 5 heteroatoms. The van der Waals surface area contributed by atoms with Gasteiger partial charge in [0.05, 0.1) is 7.11 Å². The lowest BCUT2D eigenvalue weighted by Crippen LogP contribution is -2.50. The molecule has 1 amide bonds. The van der Waals surface area contributed by atoms with Crippen LogP contribution in [-0.2, 0) is 4.74 Å². The molecule has 0 aromatic heterocycles. The Bertz CT molecular complexity index is 508. The van der Waals surface area contributed by atoms with E-state index in [0.717, 1.165) is 12.2 Å². The Balaban J connectivity index is 2.08. The number of methoxy groups -OCH3 is 1. The smallest absolute Gasteiger partial charge is 0.410 e. The molecule has 0 unspecified atom stereocenters. The molecule has 1 heterocycles. The Labute approximate surface area is 132 Å². The van der Waals surface area contributed by atoms with Crippen molar-refractivity contribution in [2.45, 2.75) is 44.8 Å². The van der Waals surface area contributed by atoms with Gasteiger partial charge in [0.25, 0.3) is 0 Å². The summed E-state index contributed by atoms with van der Waals surface area (Å²) in [6, 6.07) is 7.91. The number of carbonyl (C=O) groups excluding carboxylic acids is 1. The van der Waals surface area contributed by atoms with Crippen LogP contribution in [0.15, 0.2) is 24.3 Å². The Kier molecular flexibility index (Phi) is 4.96. The molecule has 0 aliphatic carbocycles. The molecule has 122 valence electrons. The SMILES string of the molecule is COc1ccc([C@@H]2C[C@@H](N)CN(C(=O)OC(C)(C)C)C2)cc1. The van der Waals surface area contributed by atoms with E-state index in [1.54, 1.807) is 12.0 Å². The van der Waals surface area contributed by atoms with Crippen LogP contribution in [0, 0.1) is 0 Å². The zero-order valence-electron chi connectivity index (χ0n) is 13.8. The van der Waals surface area contributed by atoms with E-state index < -0.39 is 5.60 Å². The fraction of sp³-hybridized carbons (Fsp3) is 0.588. The molecule has 0 bridgehead atoms. The Morgan fingerprint density at radius 2 is 1.86 bits per heavy atom. The third kappa shape index (κ3) is 4.37. The molecule has 1 aliphatic heterocycles. The van der Waals surface area contributed by atoms with Crippen molar-refractivity contribution in [1.82, 2.24) is 4.90 Å². The second-order valence-corrected chi connectivity index (χ2v) is 6.85. The van der Waals surface area contributed by atoms with Crippen molar-refractivity contribution in [2.75, 3.05) is 20.2 Å². The summed E-state index contributed by atoms with van der Waals surface area (Å²) >= 11 is 0. The van der Waals surface area contributed by atoms with Crippen LogP contribution in [0.5, 0.6) is 5.75 Å². The highest BCUT2D eigenvalue weighted by Crippen LogP contribution is 2.28. The number of carbonyl (C=O) groups is 1. The summed E-state index contributed by atoms with van der Waals surface area (Å²) in [7, 11) is 1.65. The van der Waals surface area contributed by atoms with E-state index in [0.29, 0.717) is 13.1 Å². The minimum Gasteiger partial charge on any atom is -0.497 e. The van der Waals surface area contributed by atoms with Gasteiger partial charge in [-0.05, 0) is 44.9 Å². The van der Waals surface area contributed by atoms with Crippen molar-refractivity contribution in [1.29, 1.82) is 0 Å². The predicted molar refractivity (Wildman–Crippen MR) is 86.1 cm³/mol.